The van der Waals surface area contributed by atoms with Crippen LogP contribution in [0.1, 0.15) is 19.3 Å². The number of fused-ring (bicyclic) bond motifs is 1. The largest absolute Gasteiger partial charge is 0.401 e. The molecule has 14 heavy (non-hydrogen) atoms. The first-order valence-corrected chi connectivity index (χ1v) is 4.32. The van der Waals surface area contributed by atoms with Crippen molar-refractivity contribution in [2.45, 2.75) is 19.3 Å². The van der Waals surface area contributed by atoms with Gasteiger partial charge in [-0.2, -0.15) is 0 Å². The van der Waals surface area contributed by atoms with Gasteiger partial charge in [0.2, 0.25) is 13.9 Å². The van der Waals surface area contributed by atoms with Gasteiger partial charge in [0.1, 0.15) is 0 Å². The number of carbonyl (C=O) groups is 1. The molecule has 0 spiro atoms. The van der Waals surface area contributed by atoms with Gasteiger partial charge in [0.15, 0.2) is 0 Å². The van der Waals surface area contributed by atoms with E-state index in [9.17, 15) is 4.79 Å². The van der Waals surface area contributed by atoms with Crippen LogP contribution in [-0.4, -0.2) is 18.7 Å². The average molecular weight is 264 g/mol. The fraction of sp³-hybridized carbons (Fsp3) is 0.500. The van der Waals surface area contributed by atoms with Crippen LogP contribution in [0.15, 0.2) is 11.8 Å². The third-order valence-electron chi connectivity index (χ3n) is 2.84. The summed E-state index contributed by atoms with van der Waals surface area (Å²) in [7, 11) is 5.53. The summed E-state index contributed by atoms with van der Waals surface area (Å²) in [6.45, 7) is 3.73. The average Bonchev–Trinajstić information content (AvgIpc) is 2.48. The van der Waals surface area contributed by atoms with Crippen molar-refractivity contribution in [2.24, 2.45) is 11.8 Å². The van der Waals surface area contributed by atoms with Crippen molar-refractivity contribution in [3.05, 3.63) is 26.1 Å². The Morgan fingerprint density at radius 3 is 2.79 bits per heavy atom. The van der Waals surface area contributed by atoms with E-state index in [1.165, 1.54) is 4.81 Å². The fourth-order valence-electron chi connectivity index (χ4n) is 2.14. The van der Waals surface area contributed by atoms with Gasteiger partial charge in [0.25, 0.3) is 0 Å². The predicted octanol–water partition coefficient (Wildman–Crippen LogP) is 1.49. The summed E-state index contributed by atoms with van der Waals surface area (Å²) in [6.07, 6.45) is 5.27. The summed E-state index contributed by atoms with van der Waals surface area (Å²) in [5, 5.41) is 0. The molecular weight excluding hydrogens is 250 g/mol. The molecule has 0 aromatic carbocycles. The molecule has 1 fully saturated rings. The van der Waals surface area contributed by atoms with Gasteiger partial charge in [-0.3, -0.25) is 4.79 Å². The van der Waals surface area contributed by atoms with Crippen LogP contribution >= 0.6 is 0 Å². The molecule has 3 radical (unpaired) electrons. The molecule has 1 heterocycles. The maximum Gasteiger partial charge on any atom is 0.234 e. The zero-order chi connectivity index (χ0) is 8.72. The molecule has 0 aromatic heterocycles. The van der Waals surface area contributed by atoms with Crippen molar-refractivity contribution in [1.82, 2.24) is 4.81 Å². The first kappa shape index (κ1) is 14.2. The van der Waals surface area contributed by atoms with E-state index in [0.717, 1.165) is 19.3 Å². The maximum atomic E-state index is 11.5. The standard InChI is InChI=1S/C9H11BNO.CH3.Y/c1-6-5-7-3-2-4-8(7)9(12)11(6)10;;/h5,7-8H,1-4H2;1H3;/q2*-1;. The third-order valence-corrected chi connectivity index (χ3v) is 2.84. The van der Waals surface area contributed by atoms with E-state index in [0.29, 0.717) is 11.6 Å². The molecule has 1 amide bonds. The van der Waals surface area contributed by atoms with Crippen LogP contribution in [0.3, 0.4) is 0 Å². The zero-order valence-electron chi connectivity index (χ0n) is 8.57. The molecule has 0 N–H and O–H groups in total. The maximum absolute atomic E-state index is 11.5. The minimum atomic E-state index is 0. The monoisotopic (exact) mass is 264 g/mol. The molecule has 1 aliphatic heterocycles. The Hall–Kier alpha value is 0.249. The fourth-order valence-corrected chi connectivity index (χ4v) is 2.14. The van der Waals surface area contributed by atoms with Crippen LogP contribution in [0.5, 0.6) is 0 Å². The van der Waals surface area contributed by atoms with Gasteiger partial charge in [0.05, 0.1) is 0 Å². The summed E-state index contributed by atoms with van der Waals surface area (Å²) >= 11 is 0. The number of allylic oxidation sites excluding steroid dienone is 2. The SMILES string of the molecule is [B]N1C(=O)C2CCCC2C=C1[CH2-].[CH3-].[Y]. The van der Waals surface area contributed by atoms with Crippen molar-refractivity contribution >= 4 is 13.9 Å². The molecule has 2 nitrogen and oxygen atoms in total. The summed E-state index contributed by atoms with van der Waals surface area (Å²) in [5.74, 6) is 0.593. The normalized spacial score (nSPS) is 29.9. The van der Waals surface area contributed by atoms with E-state index in [2.05, 4.69) is 6.92 Å². The third kappa shape index (κ3) is 2.25. The van der Waals surface area contributed by atoms with Crippen LogP contribution in [-0.2, 0) is 37.5 Å². The van der Waals surface area contributed by atoms with Gasteiger partial charge in [-0.1, -0.05) is 18.8 Å². The molecule has 2 aliphatic rings. The van der Waals surface area contributed by atoms with E-state index in [1.54, 1.807) is 0 Å². The van der Waals surface area contributed by atoms with E-state index < -0.39 is 0 Å². The number of amides is 1. The van der Waals surface area contributed by atoms with E-state index in [1.807, 2.05) is 6.08 Å². The summed E-state index contributed by atoms with van der Waals surface area (Å²) < 4.78 is 0. The van der Waals surface area contributed by atoms with Gasteiger partial charge in [-0.25, -0.2) is 13.0 Å². The first-order valence-electron chi connectivity index (χ1n) is 4.32. The number of hydrogen-bond donors (Lipinski definition) is 0. The minimum Gasteiger partial charge on any atom is -0.401 e. The molecule has 0 saturated heterocycles. The van der Waals surface area contributed by atoms with E-state index >= 15 is 0 Å². The van der Waals surface area contributed by atoms with Crippen molar-refractivity contribution < 1.29 is 37.5 Å². The second-order valence-electron chi connectivity index (χ2n) is 3.57. The zero-order valence-corrected chi connectivity index (χ0v) is 11.4. The van der Waals surface area contributed by atoms with Gasteiger partial charge in [-0.15, -0.1) is 5.70 Å². The topological polar surface area (TPSA) is 20.3 Å². The van der Waals surface area contributed by atoms with E-state index in [4.69, 9.17) is 7.98 Å². The van der Waals surface area contributed by atoms with Crippen LogP contribution in [0, 0.1) is 26.2 Å². The Kier molecular flexibility index (Phi) is 5.46. The molecule has 0 aromatic rings. The molecule has 1 saturated carbocycles. The quantitative estimate of drug-likeness (QED) is 0.479. The Labute approximate surface area is 113 Å². The van der Waals surface area contributed by atoms with Gasteiger partial charge in [-0.05, 0) is 6.42 Å². The van der Waals surface area contributed by atoms with Crippen LogP contribution in [0.2, 0.25) is 0 Å². The molecule has 4 heteroatoms. The Morgan fingerprint density at radius 1 is 1.50 bits per heavy atom. The number of carbonyl (C=O) groups excluding carboxylic acids is 1. The van der Waals surface area contributed by atoms with Gasteiger partial charge >= 0.3 is 0 Å². The molecule has 0 bridgehead atoms. The Bertz CT molecular complexity index is 255. The summed E-state index contributed by atoms with van der Waals surface area (Å²) in [5.41, 5.74) is 0.656. The first-order chi connectivity index (χ1) is 5.70. The molecule has 1 aliphatic carbocycles. The molecule has 2 unspecified atom stereocenters. The van der Waals surface area contributed by atoms with Crippen molar-refractivity contribution in [2.75, 3.05) is 0 Å². The number of nitrogens with zero attached hydrogens (tertiary/aromatic N) is 1. The molecule has 2 rings (SSSR count). The van der Waals surface area contributed by atoms with Crippen LogP contribution < -0.4 is 0 Å². The summed E-state index contributed by atoms with van der Waals surface area (Å²) in [6, 6.07) is 0. The molecule has 2 atom stereocenters. The summed E-state index contributed by atoms with van der Waals surface area (Å²) in [4.78, 5) is 12.7. The molecular formula is C10H14BNOY-2. The minimum absolute atomic E-state index is 0. The second kappa shape index (κ2) is 5.36. The van der Waals surface area contributed by atoms with Crippen molar-refractivity contribution in [1.29, 1.82) is 0 Å². The van der Waals surface area contributed by atoms with Gasteiger partial charge in [0, 0.05) is 38.6 Å². The van der Waals surface area contributed by atoms with Crippen LogP contribution in [0.4, 0.5) is 0 Å². The molecule has 73 valence electrons. The predicted molar refractivity (Wildman–Crippen MR) is 53.3 cm³/mol. The van der Waals surface area contributed by atoms with Gasteiger partial charge < -0.3 is 12.2 Å². The Morgan fingerprint density at radius 2 is 2.14 bits per heavy atom. The Balaban J connectivity index is 0.000000845. The van der Waals surface area contributed by atoms with E-state index in [-0.39, 0.29) is 52.0 Å². The smallest absolute Gasteiger partial charge is 0.234 e. The van der Waals surface area contributed by atoms with Crippen LogP contribution in [0.25, 0.3) is 0 Å². The van der Waals surface area contributed by atoms with Crippen molar-refractivity contribution in [3.63, 3.8) is 0 Å². The van der Waals surface area contributed by atoms with Crippen molar-refractivity contribution in [3.8, 4) is 0 Å². The number of hydrogen-bond acceptors (Lipinski definition) is 1. The number of rotatable bonds is 0. The second-order valence-corrected chi connectivity index (χ2v) is 3.57.